The van der Waals surface area contributed by atoms with Crippen LogP contribution in [0.5, 0.6) is 0 Å². The minimum absolute atomic E-state index is 0.0211. The van der Waals surface area contributed by atoms with Gasteiger partial charge in [-0.2, -0.15) is 5.10 Å². The summed E-state index contributed by atoms with van der Waals surface area (Å²) < 4.78 is 1.39. The van der Waals surface area contributed by atoms with E-state index in [4.69, 9.17) is 0 Å². The number of aromatic nitrogens is 4. The van der Waals surface area contributed by atoms with Crippen LogP contribution in [0.3, 0.4) is 0 Å². The van der Waals surface area contributed by atoms with Gasteiger partial charge in [-0.15, -0.1) is 0 Å². The molecule has 0 fully saturated rings. The molecule has 3 rings (SSSR count). The lowest BCUT2D eigenvalue weighted by molar-refractivity contribution is -0.384. The Morgan fingerprint density at radius 1 is 1.22 bits per heavy atom. The molecule has 0 saturated carbocycles. The summed E-state index contributed by atoms with van der Waals surface area (Å²) in [6.45, 7) is 4.91. The van der Waals surface area contributed by atoms with E-state index in [2.05, 4.69) is 15.1 Å². The van der Waals surface area contributed by atoms with Crippen LogP contribution in [0.25, 0.3) is 11.4 Å². The summed E-state index contributed by atoms with van der Waals surface area (Å²) in [4.78, 5) is 41.6. The van der Waals surface area contributed by atoms with Gasteiger partial charge in [0.2, 0.25) is 5.78 Å². The molecular formula is C18H17N5O4. The molecule has 0 amide bonds. The molecule has 0 spiro atoms. The Balaban J connectivity index is 1.80. The molecule has 0 aliphatic heterocycles. The molecule has 0 unspecified atom stereocenters. The van der Waals surface area contributed by atoms with E-state index < -0.39 is 4.92 Å². The van der Waals surface area contributed by atoms with Gasteiger partial charge in [-0.05, 0) is 38.5 Å². The van der Waals surface area contributed by atoms with Gasteiger partial charge in [0, 0.05) is 29.0 Å². The van der Waals surface area contributed by atoms with Gasteiger partial charge in [-0.1, -0.05) is 0 Å². The molecule has 27 heavy (non-hydrogen) atoms. The summed E-state index contributed by atoms with van der Waals surface area (Å²) in [6.07, 6.45) is 1.42. The van der Waals surface area contributed by atoms with Gasteiger partial charge in [-0.3, -0.25) is 19.7 Å². The number of hydrogen-bond donors (Lipinski definition) is 1. The summed E-state index contributed by atoms with van der Waals surface area (Å²) >= 11 is 0. The highest BCUT2D eigenvalue weighted by Gasteiger charge is 2.20. The number of H-pyrrole nitrogens is 1. The van der Waals surface area contributed by atoms with Gasteiger partial charge < -0.3 is 4.98 Å². The van der Waals surface area contributed by atoms with E-state index in [1.165, 1.54) is 30.1 Å². The first-order chi connectivity index (χ1) is 12.8. The molecule has 0 aliphatic rings. The number of nitro benzene ring substituents is 1. The zero-order valence-corrected chi connectivity index (χ0v) is 15.0. The number of nitro groups is 1. The molecule has 1 N–H and O–H groups in total. The van der Waals surface area contributed by atoms with Crippen molar-refractivity contribution < 1.29 is 14.5 Å². The third kappa shape index (κ3) is 3.52. The lowest BCUT2D eigenvalue weighted by atomic mass is 10.1. The van der Waals surface area contributed by atoms with Gasteiger partial charge in [-0.25, -0.2) is 9.67 Å². The predicted octanol–water partition coefficient (Wildman–Crippen LogP) is 2.88. The normalized spacial score (nSPS) is 10.8. The molecule has 0 saturated heterocycles. The van der Waals surface area contributed by atoms with Crippen LogP contribution in [0.2, 0.25) is 0 Å². The number of nitrogens with zero attached hydrogens (tertiary/aromatic N) is 4. The average Bonchev–Trinajstić information content (AvgIpc) is 3.19. The van der Waals surface area contributed by atoms with Gasteiger partial charge in [0.15, 0.2) is 11.6 Å². The molecule has 0 bridgehead atoms. The second-order valence-corrected chi connectivity index (χ2v) is 6.17. The highest BCUT2D eigenvalue weighted by Crippen LogP contribution is 2.21. The molecule has 9 heteroatoms. The van der Waals surface area contributed by atoms with E-state index in [1.807, 2.05) is 0 Å². The van der Waals surface area contributed by atoms with Crippen molar-refractivity contribution in [2.24, 2.45) is 0 Å². The maximum Gasteiger partial charge on any atom is 0.269 e. The predicted molar refractivity (Wildman–Crippen MR) is 96.7 cm³/mol. The fourth-order valence-electron chi connectivity index (χ4n) is 3.02. The standard InChI is InChI=1S/C18H17N5O4/c1-10-16(12(3)24)11(2)20-17(10)15(25)8-22-9-19-18(21-22)13-4-6-14(7-5-13)23(26)27/h4-7,9,20H,8H2,1-3H3. The van der Waals surface area contributed by atoms with Gasteiger partial charge in [0.05, 0.1) is 10.6 Å². The maximum absolute atomic E-state index is 12.6. The van der Waals surface area contributed by atoms with E-state index in [0.717, 1.165) is 0 Å². The Morgan fingerprint density at radius 2 is 1.89 bits per heavy atom. The number of non-ortho nitro benzene ring substituents is 1. The zero-order valence-electron chi connectivity index (χ0n) is 15.0. The van der Waals surface area contributed by atoms with Crippen molar-refractivity contribution in [3.8, 4) is 11.4 Å². The summed E-state index contributed by atoms with van der Waals surface area (Å²) in [5, 5.41) is 15.0. The molecule has 138 valence electrons. The number of aryl methyl sites for hydroxylation is 1. The van der Waals surface area contributed by atoms with Crippen LogP contribution in [0, 0.1) is 24.0 Å². The number of benzene rings is 1. The number of Topliss-reactive ketones (excluding diaryl/α,β-unsaturated/α-hetero) is 2. The smallest absolute Gasteiger partial charge is 0.269 e. The second kappa shape index (κ2) is 6.94. The first-order valence-electron chi connectivity index (χ1n) is 8.15. The van der Waals surface area contributed by atoms with E-state index in [9.17, 15) is 19.7 Å². The van der Waals surface area contributed by atoms with Gasteiger partial charge >= 0.3 is 0 Å². The Morgan fingerprint density at radius 3 is 2.44 bits per heavy atom. The monoisotopic (exact) mass is 367 g/mol. The summed E-state index contributed by atoms with van der Waals surface area (Å²) in [6, 6.07) is 5.85. The first-order valence-corrected chi connectivity index (χ1v) is 8.15. The Bertz CT molecular complexity index is 1050. The topological polar surface area (TPSA) is 124 Å². The number of nitrogens with one attached hydrogen (secondary N) is 1. The van der Waals surface area contributed by atoms with Crippen LogP contribution in [-0.4, -0.2) is 36.2 Å². The number of rotatable bonds is 6. The van der Waals surface area contributed by atoms with Crippen LogP contribution < -0.4 is 0 Å². The van der Waals surface area contributed by atoms with Gasteiger partial charge in [0.25, 0.3) is 5.69 Å². The lowest BCUT2D eigenvalue weighted by Gasteiger charge is -2.01. The Labute approximate surface area is 154 Å². The molecule has 3 aromatic rings. The zero-order chi connectivity index (χ0) is 19.7. The second-order valence-electron chi connectivity index (χ2n) is 6.17. The highest BCUT2D eigenvalue weighted by molar-refractivity contribution is 6.03. The molecule has 0 radical (unpaired) electrons. The number of aromatic amines is 1. The molecule has 2 heterocycles. The minimum Gasteiger partial charge on any atom is -0.355 e. The highest BCUT2D eigenvalue weighted by atomic mass is 16.6. The molecule has 1 aromatic carbocycles. The van der Waals surface area contributed by atoms with Crippen molar-refractivity contribution in [3.63, 3.8) is 0 Å². The fourth-order valence-corrected chi connectivity index (χ4v) is 3.02. The SMILES string of the molecule is CC(=O)c1c(C)[nH]c(C(=O)Cn2cnc(-c3ccc([N+](=O)[O-])cc3)n2)c1C. The van der Waals surface area contributed by atoms with Crippen LogP contribution >= 0.6 is 0 Å². The van der Waals surface area contributed by atoms with Crippen LogP contribution in [-0.2, 0) is 6.54 Å². The summed E-state index contributed by atoms with van der Waals surface area (Å²) in [7, 11) is 0. The van der Waals surface area contributed by atoms with E-state index in [-0.39, 0.29) is 23.8 Å². The Kier molecular flexibility index (Phi) is 4.68. The van der Waals surface area contributed by atoms with Crippen molar-refractivity contribution >= 4 is 17.3 Å². The van der Waals surface area contributed by atoms with Crippen molar-refractivity contribution in [1.29, 1.82) is 0 Å². The first kappa shape index (κ1) is 18.2. The quantitative estimate of drug-likeness (QED) is 0.406. The summed E-state index contributed by atoms with van der Waals surface area (Å²) in [5.74, 6) is 0.0475. The van der Waals surface area contributed by atoms with Gasteiger partial charge in [0.1, 0.15) is 12.9 Å². The fraction of sp³-hybridized carbons (Fsp3) is 0.222. The van der Waals surface area contributed by atoms with Crippen molar-refractivity contribution in [3.05, 3.63) is 63.2 Å². The number of carbonyl (C=O) groups is 2. The molecule has 0 aliphatic carbocycles. The summed E-state index contributed by atoms with van der Waals surface area (Å²) in [5.41, 5.74) is 2.78. The number of ketones is 2. The number of carbonyl (C=O) groups excluding carboxylic acids is 2. The van der Waals surface area contributed by atoms with Crippen LogP contribution in [0.4, 0.5) is 5.69 Å². The number of hydrogen-bond acceptors (Lipinski definition) is 6. The average molecular weight is 367 g/mol. The Hall–Kier alpha value is -3.62. The van der Waals surface area contributed by atoms with Crippen LogP contribution in [0.15, 0.2) is 30.6 Å². The molecule has 0 atom stereocenters. The van der Waals surface area contributed by atoms with E-state index in [0.29, 0.717) is 33.9 Å². The van der Waals surface area contributed by atoms with Crippen molar-refractivity contribution in [2.45, 2.75) is 27.3 Å². The minimum atomic E-state index is -0.482. The van der Waals surface area contributed by atoms with Crippen molar-refractivity contribution in [1.82, 2.24) is 19.7 Å². The molecule has 2 aromatic heterocycles. The van der Waals surface area contributed by atoms with E-state index in [1.54, 1.807) is 26.0 Å². The van der Waals surface area contributed by atoms with Crippen molar-refractivity contribution in [2.75, 3.05) is 0 Å². The molecule has 9 nitrogen and oxygen atoms in total. The largest absolute Gasteiger partial charge is 0.355 e. The maximum atomic E-state index is 12.6. The van der Waals surface area contributed by atoms with E-state index >= 15 is 0 Å². The third-order valence-corrected chi connectivity index (χ3v) is 4.25. The molecular weight excluding hydrogens is 350 g/mol. The third-order valence-electron chi connectivity index (χ3n) is 4.25. The van der Waals surface area contributed by atoms with Crippen LogP contribution in [0.1, 0.15) is 39.0 Å². The lowest BCUT2D eigenvalue weighted by Crippen LogP contribution is -2.12.